The summed E-state index contributed by atoms with van der Waals surface area (Å²) in [5, 5.41) is 26.0. The van der Waals surface area contributed by atoms with E-state index in [1.54, 1.807) is 13.8 Å². The van der Waals surface area contributed by atoms with Crippen molar-refractivity contribution in [1.29, 1.82) is 0 Å². The Bertz CT molecular complexity index is 757. The summed E-state index contributed by atoms with van der Waals surface area (Å²) in [6.45, 7) is 4.73. The fraction of sp³-hybridized carbons (Fsp3) is 0.611. The highest BCUT2D eigenvalue weighted by Crippen LogP contribution is 2.04. The normalized spacial score (nSPS) is 16.0. The quantitative estimate of drug-likeness (QED) is 0.161. The highest BCUT2D eigenvalue weighted by atomic mass is 32.1. The van der Waals surface area contributed by atoms with Crippen molar-refractivity contribution in [1.82, 2.24) is 25.9 Å². The highest BCUT2D eigenvalue weighted by Gasteiger charge is 2.32. The maximum Gasteiger partial charge on any atom is 0.328 e. The van der Waals surface area contributed by atoms with Crippen molar-refractivity contribution in [3.05, 3.63) is 18.2 Å². The summed E-state index contributed by atoms with van der Waals surface area (Å²) in [6, 6.07) is -4.70. The second-order valence-corrected chi connectivity index (χ2v) is 7.79. The molecule has 8 N–H and O–H groups in total. The summed E-state index contributed by atoms with van der Waals surface area (Å²) in [4.78, 5) is 55.5. The number of hydrogen-bond donors (Lipinski definition) is 8. The van der Waals surface area contributed by atoms with Crippen LogP contribution >= 0.6 is 12.6 Å². The molecule has 12 nitrogen and oxygen atoms in total. The van der Waals surface area contributed by atoms with Crippen LogP contribution in [-0.2, 0) is 25.6 Å². The molecule has 3 amide bonds. The Labute approximate surface area is 185 Å². The molecule has 0 bridgehead atoms. The van der Waals surface area contributed by atoms with Gasteiger partial charge in [0.1, 0.15) is 12.1 Å². The minimum absolute atomic E-state index is 0.0392. The van der Waals surface area contributed by atoms with E-state index in [2.05, 4.69) is 38.5 Å². The molecule has 1 aromatic heterocycles. The zero-order valence-corrected chi connectivity index (χ0v) is 18.4. The third kappa shape index (κ3) is 8.19. The molecule has 5 atom stereocenters. The zero-order chi connectivity index (χ0) is 23.7. The molecule has 31 heavy (non-hydrogen) atoms. The monoisotopic (exact) mass is 458 g/mol. The van der Waals surface area contributed by atoms with Crippen LogP contribution < -0.4 is 21.7 Å². The molecular formula is C18H30N6O6S. The number of aromatic nitrogens is 2. The van der Waals surface area contributed by atoms with Gasteiger partial charge in [-0.25, -0.2) is 9.78 Å². The predicted molar refractivity (Wildman–Crippen MR) is 114 cm³/mol. The van der Waals surface area contributed by atoms with Gasteiger partial charge in [-0.1, -0.05) is 13.8 Å². The van der Waals surface area contributed by atoms with Gasteiger partial charge in [0.2, 0.25) is 17.7 Å². The minimum atomic E-state index is -1.57. The molecule has 0 fully saturated rings. The Morgan fingerprint density at radius 1 is 1.10 bits per heavy atom. The first kappa shape index (κ1) is 26.4. The van der Waals surface area contributed by atoms with Gasteiger partial charge in [0.05, 0.1) is 18.5 Å². The van der Waals surface area contributed by atoms with Crippen LogP contribution in [0.15, 0.2) is 12.5 Å². The van der Waals surface area contributed by atoms with E-state index in [1.807, 2.05) is 0 Å². The number of carbonyl (C=O) groups is 4. The molecule has 1 heterocycles. The number of aliphatic carboxylic acids is 1. The van der Waals surface area contributed by atoms with Gasteiger partial charge < -0.3 is 36.9 Å². The molecule has 0 aliphatic carbocycles. The van der Waals surface area contributed by atoms with Gasteiger partial charge in [-0.2, -0.15) is 12.6 Å². The Morgan fingerprint density at radius 3 is 2.13 bits per heavy atom. The lowest BCUT2D eigenvalue weighted by atomic mass is 10.0. The molecule has 0 saturated heterocycles. The smallest absolute Gasteiger partial charge is 0.328 e. The first-order valence-electron chi connectivity index (χ1n) is 9.63. The van der Waals surface area contributed by atoms with E-state index in [1.165, 1.54) is 19.4 Å². The zero-order valence-electron chi connectivity index (χ0n) is 17.5. The molecule has 0 aliphatic heterocycles. The second kappa shape index (κ2) is 12.3. The van der Waals surface area contributed by atoms with Crippen LogP contribution in [0.4, 0.5) is 0 Å². The number of carbonyl (C=O) groups excluding carboxylic acids is 3. The van der Waals surface area contributed by atoms with Crippen molar-refractivity contribution < 1.29 is 29.4 Å². The number of amides is 3. The largest absolute Gasteiger partial charge is 0.480 e. The molecule has 0 spiro atoms. The fourth-order valence-electron chi connectivity index (χ4n) is 2.51. The van der Waals surface area contributed by atoms with Crippen molar-refractivity contribution in [3.63, 3.8) is 0 Å². The van der Waals surface area contributed by atoms with Crippen molar-refractivity contribution in [3.8, 4) is 0 Å². The number of aliphatic hydroxyl groups is 1. The topological polar surface area (TPSA) is 200 Å². The van der Waals surface area contributed by atoms with E-state index in [-0.39, 0.29) is 18.1 Å². The Morgan fingerprint density at radius 2 is 1.68 bits per heavy atom. The molecule has 1 aromatic rings. The molecule has 0 radical (unpaired) electrons. The van der Waals surface area contributed by atoms with Crippen molar-refractivity contribution >= 4 is 36.3 Å². The second-order valence-electron chi connectivity index (χ2n) is 7.42. The van der Waals surface area contributed by atoms with Crippen LogP contribution in [0.5, 0.6) is 0 Å². The Balaban J connectivity index is 2.97. The average molecular weight is 459 g/mol. The number of nitrogens with one attached hydrogen (secondary N) is 4. The first-order valence-corrected chi connectivity index (χ1v) is 10.3. The highest BCUT2D eigenvalue weighted by molar-refractivity contribution is 7.80. The van der Waals surface area contributed by atoms with Crippen molar-refractivity contribution in [2.45, 2.75) is 57.5 Å². The van der Waals surface area contributed by atoms with E-state index in [0.29, 0.717) is 5.69 Å². The van der Waals surface area contributed by atoms with Crippen molar-refractivity contribution in [2.24, 2.45) is 11.7 Å². The Hall–Kier alpha value is -2.64. The summed E-state index contributed by atoms with van der Waals surface area (Å²) in [7, 11) is 0. The molecular weight excluding hydrogens is 428 g/mol. The van der Waals surface area contributed by atoms with Gasteiger partial charge in [0.25, 0.3) is 0 Å². The van der Waals surface area contributed by atoms with Gasteiger partial charge in [-0.15, -0.1) is 0 Å². The van der Waals surface area contributed by atoms with Gasteiger partial charge in [-0.3, -0.25) is 14.4 Å². The molecule has 0 aromatic carbocycles. The van der Waals surface area contributed by atoms with Gasteiger partial charge in [0.15, 0.2) is 6.04 Å². The molecule has 5 unspecified atom stereocenters. The lowest BCUT2D eigenvalue weighted by Crippen LogP contribution is -2.59. The van der Waals surface area contributed by atoms with Crippen LogP contribution in [0.1, 0.15) is 26.5 Å². The van der Waals surface area contributed by atoms with Crippen LogP contribution in [-0.4, -0.2) is 79.9 Å². The Kier molecular flexibility index (Phi) is 10.4. The maximum absolute atomic E-state index is 12.7. The summed E-state index contributed by atoms with van der Waals surface area (Å²) < 4.78 is 0. The van der Waals surface area contributed by atoms with Gasteiger partial charge in [0, 0.05) is 24.1 Å². The number of imidazole rings is 1. The number of aromatic amines is 1. The van der Waals surface area contributed by atoms with Crippen LogP contribution in [0.25, 0.3) is 0 Å². The lowest BCUT2D eigenvalue weighted by molar-refractivity contribution is -0.145. The molecule has 0 aliphatic rings. The number of thiol groups is 1. The molecule has 174 valence electrons. The van der Waals surface area contributed by atoms with E-state index in [9.17, 15) is 29.4 Å². The van der Waals surface area contributed by atoms with Crippen molar-refractivity contribution in [2.75, 3.05) is 5.75 Å². The number of carboxylic acid groups (broad SMARTS) is 1. The number of nitrogens with zero attached hydrogens (tertiary/aromatic N) is 1. The molecule has 13 heteroatoms. The SMILES string of the molecule is CC(C)C(N)C(=O)NC(CS)C(=O)NC(Cc1cnc[nH]1)C(=O)NC(C(=O)O)C(C)O. The summed E-state index contributed by atoms with van der Waals surface area (Å²) in [6.07, 6.45) is 1.41. The lowest BCUT2D eigenvalue weighted by Gasteiger charge is -2.25. The third-order valence-electron chi connectivity index (χ3n) is 4.49. The molecule has 0 saturated carbocycles. The third-order valence-corrected chi connectivity index (χ3v) is 4.86. The number of H-pyrrole nitrogens is 1. The van der Waals surface area contributed by atoms with E-state index < -0.39 is 54.0 Å². The maximum atomic E-state index is 12.7. The van der Waals surface area contributed by atoms with Gasteiger partial charge >= 0.3 is 5.97 Å². The van der Waals surface area contributed by atoms with Crippen LogP contribution in [0.2, 0.25) is 0 Å². The minimum Gasteiger partial charge on any atom is -0.480 e. The summed E-state index contributed by atoms with van der Waals surface area (Å²) in [5.74, 6) is -3.73. The number of nitrogens with two attached hydrogens (primary N) is 1. The van der Waals surface area contributed by atoms with Crippen LogP contribution in [0.3, 0.4) is 0 Å². The first-order chi connectivity index (χ1) is 14.5. The number of rotatable bonds is 12. The summed E-state index contributed by atoms with van der Waals surface area (Å²) in [5.41, 5.74) is 6.29. The summed E-state index contributed by atoms with van der Waals surface area (Å²) >= 11 is 4.08. The predicted octanol–water partition coefficient (Wildman–Crippen LogP) is -2.21. The van der Waals surface area contributed by atoms with E-state index in [0.717, 1.165) is 0 Å². The number of aliphatic hydroxyl groups excluding tert-OH is 1. The fourth-order valence-corrected chi connectivity index (χ4v) is 2.76. The number of hydrogen-bond acceptors (Lipinski definition) is 8. The molecule has 1 rings (SSSR count). The van der Waals surface area contributed by atoms with Crippen LogP contribution in [0, 0.1) is 5.92 Å². The number of carboxylic acids is 1. The van der Waals surface area contributed by atoms with Gasteiger partial charge in [-0.05, 0) is 12.8 Å². The van der Waals surface area contributed by atoms with E-state index >= 15 is 0 Å². The standard InChI is InChI=1S/C18H30N6O6S/c1-8(2)13(19)17(28)23-12(6-31)16(27)22-11(4-10-5-20-7-21-10)15(26)24-14(9(3)25)18(29)30/h5,7-9,11-14,25,31H,4,6,19H2,1-3H3,(H,20,21)(H,22,27)(H,23,28)(H,24,26)(H,29,30). The van der Waals surface area contributed by atoms with E-state index in [4.69, 9.17) is 5.73 Å². The average Bonchev–Trinajstić information content (AvgIpc) is 3.20.